The van der Waals surface area contributed by atoms with Crippen molar-refractivity contribution >= 4 is 54.6 Å². The average Bonchev–Trinajstić information content (AvgIpc) is 2.78. The van der Waals surface area contributed by atoms with Gasteiger partial charge in [0.05, 0.1) is 8.95 Å². The Hall–Kier alpha value is -1.04. The molecule has 19 heavy (non-hydrogen) atoms. The van der Waals surface area contributed by atoms with Crippen molar-refractivity contribution < 1.29 is 9.52 Å². The predicted octanol–water partition coefficient (Wildman–Crippen LogP) is 5.38. The van der Waals surface area contributed by atoms with Crippen LogP contribution in [0.1, 0.15) is 0 Å². The number of nitrogens with zero attached hydrogens (tertiary/aromatic N) is 1. The third-order valence-corrected chi connectivity index (χ3v) is 4.06. The second kappa shape index (κ2) is 4.81. The molecule has 0 aliphatic heterocycles. The van der Waals surface area contributed by atoms with Crippen LogP contribution in [0.5, 0.6) is 5.75 Å². The van der Waals surface area contributed by atoms with Gasteiger partial charge in [-0.3, -0.25) is 0 Å². The molecule has 6 heteroatoms. The van der Waals surface area contributed by atoms with E-state index >= 15 is 0 Å². The van der Waals surface area contributed by atoms with Gasteiger partial charge in [-0.2, -0.15) is 0 Å². The van der Waals surface area contributed by atoms with Gasteiger partial charge in [-0.15, -0.1) is 0 Å². The molecule has 0 bridgehead atoms. The van der Waals surface area contributed by atoms with Gasteiger partial charge in [-0.1, -0.05) is 11.6 Å². The van der Waals surface area contributed by atoms with Crippen LogP contribution < -0.4 is 0 Å². The molecule has 3 nitrogen and oxygen atoms in total. The number of aromatic hydroxyl groups is 1. The Bertz CT molecular complexity index is 762. The fraction of sp³-hybridized carbons (Fsp3) is 0. The number of benzene rings is 2. The van der Waals surface area contributed by atoms with Crippen LogP contribution in [-0.4, -0.2) is 10.1 Å². The molecule has 0 aliphatic rings. The summed E-state index contributed by atoms with van der Waals surface area (Å²) in [6.07, 6.45) is 0. The molecular weight excluding hydrogens is 397 g/mol. The zero-order chi connectivity index (χ0) is 13.6. The van der Waals surface area contributed by atoms with Crippen LogP contribution >= 0.6 is 43.5 Å². The zero-order valence-corrected chi connectivity index (χ0v) is 13.3. The molecule has 0 unspecified atom stereocenters. The van der Waals surface area contributed by atoms with E-state index in [1.807, 2.05) is 0 Å². The predicted molar refractivity (Wildman–Crippen MR) is 81.5 cm³/mol. The summed E-state index contributed by atoms with van der Waals surface area (Å²) >= 11 is 12.5. The van der Waals surface area contributed by atoms with Crippen molar-refractivity contribution in [2.45, 2.75) is 0 Å². The molecule has 0 saturated carbocycles. The summed E-state index contributed by atoms with van der Waals surface area (Å²) in [5, 5.41) is 10.3. The van der Waals surface area contributed by atoms with Gasteiger partial charge in [0.1, 0.15) is 11.3 Å². The molecule has 1 N–H and O–H groups in total. The van der Waals surface area contributed by atoms with Gasteiger partial charge in [0.15, 0.2) is 5.58 Å². The van der Waals surface area contributed by atoms with Crippen LogP contribution in [0.2, 0.25) is 5.02 Å². The third-order valence-electron chi connectivity index (χ3n) is 2.61. The number of phenols is 1. The number of rotatable bonds is 1. The second-order valence-electron chi connectivity index (χ2n) is 3.92. The third kappa shape index (κ3) is 2.38. The van der Waals surface area contributed by atoms with Gasteiger partial charge >= 0.3 is 0 Å². The number of hydrogen-bond acceptors (Lipinski definition) is 3. The van der Waals surface area contributed by atoms with Gasteiger partial charge in [0, 0.05) is 10.6 Å². The molecule has 0 atom stereocenters. The minimum atomic E-state index is 0.142. The summed E-state index contributed by atoms with van der Waals surface area (Å²) in [5.41, 5.74) is 2.12. The average molecular weight is 403 g/mol. The minimum Gasteiger partial charge on any atom is -0.506 e. The molecule has 96 valence electrons. The molecule has 2 aromatic carbocycles. The number of hydrogen-bond donors (Lipinski definition) is 1. The standard InChI is InChI=1S/C13H6Br2ClNO2/c14-8-3-6(4-9(15)12(8)18)13-17-10-5-7(16)1-2-11(10)19-13/h1-5,18H. The summed E-state index contributed by atoms with van der Waals surface area (Å²) in [7, 11) is 0. The maximum atomic E-state index is 9.69. The van der Waals surface area contributed by atoms with E-state index in [-0.39, 0.29) is 5.75 Å². The lowest BCUT2D eigenvalue weighted by molar-refractivity contribution is 0.468. The van der Waals surface area contributed by atoms with Crippen LogP contribution in [0.25, 0.3) is 22.6 Å². The lowest BCUT2D eigenvalue weighted by Crippen LogP contribution is -1.80. The Kier molecular flexibility index (Phi) is 3.28. The van der Waals surface area contributed by atoms with Gasteiger partial charge in [0.2, 0.25) is 5.89 Å². The van der Waals surface area contributed by atoms with Crippen LogP contribution in [0.3, 0.4) is 0 Å². The summed E-state index contributed by atoms with van der Waals surface area (Å²) in [4.78, 5) is 4.38. The highest BCUT2D eigenvalue weighted by molar-refractivity contribution is 9.11. The van der Waals surface area contributed by atoms with Crippen LogP contribution in [-0.2, 0) is 0 Å². The lowest BCUT2D eigenvalue weighted by atomic mass is 10.2. The van der Waals surface area contributed by atoms with Crippen LogP contribution in [0.15, 0.2) is 43.7 Å². The summed E-state index contributed by atoms with van der Waals surface area (Å²) in [5.74, 6) is 0.613. The molecule has 0 fully saturated rings. The summed E-state index contributed by atoms with van der Waals surface area (Å²) < 4.78 is 6.80. The Morgan fingerprint density at radius 1 is 1.11 bits per heavy atom. The van der Waals surface area contributed by atoms with Crippen molar-refractivity contribution in [2.24, 2.45) is 0 Å². The quantitative estimate of drug-likeness (QED) is 0.593. The van der Waals surface area contributed by atoms with E-state index < -0.39 is 0 Å². The monoisotopic (exact) mass is 401 g/mol. The topological polar surface area (TPSA) is 46.3 Å². The molecule has 1 aromatic heterocycles. The molecule has 0 radical (unpaired) electrons. The molecule has 3 rings (SSSR count). The number of aromatic nitrogens is 1. The van der Waals surface area contributed by atoms with Crippen molar-refractivity contribution in [1.82, 2.24) is 4.98 Å². The summed E-state index contributed by atoms with van der Waals surface area (Å²) in [6.45, 7) is 0. The van der Waals surface area contributed by atoms with E-state index in [1.165, 1.54) is 0 Å². The van der Waals surface area contributed by atoms with Crippen molar-refractivity contribution in [3.05, 3.63) is 44.3 Å². The first-order valence-electron chi connectivity index (χ1n) is 5.29. The molecule has 3 aromatic rings. The second-order valence-corrected chi connectivity index (χ2v) is 6.06. The Morgan fingerprint density at radius 3 is 2.47 bits per heavy atom. The van der Waals surface area contributed by atoms with Crippen molar-refractivity contribution in [1.29, 1.82) is 0 Å². The molecule has 0 saturated heterocycles. The fourth-order valence-electron chi connectivity index (χ4n) is 1.71. The molecule has 0 spiro atoms. The van der Waals surface area contributed by atoms with Gasteiger partial charge in [-0.25, -0.2) is 4.98 Å². The van der Waals surface area contributed by atoms with E-state index in [9.17, 15) is 5.11 Å². The van der Waals surface area contributed by atoms with Crippen molar-refractivity contribution in [2.75, 3.05) is 0 Å². The van der Waals surface area contributed by atoms with Gasteiger partial charge < -0.3 is 9.52 Å². The van der Waals surface area contributed by atoms with Crippen molar-refractivity contribution in [3.63, 3.8) is 0 Å². The molecule has 0 amide bonds. The maximum absolute atomic E-state index is 9.69. The van der Waals surface area contributed by atoms with Crippen molar-refractivity contribution in [3.8, 4) is 17.2 Å². The van der Waals surface area contributed by atoms with Gasteiger partial charge in [0.25, 0.3) is 0 Å². The number of fused-ring (bicyclic) bond motifs is 1. The Morgan fingerprint density at radius 2 is 1.79 bits per heavy atom. The maximum Gasteiger partial charge on any atom is 0.227 e. The lowest BCUT2D eigenvalue weighted by Gasteiger charge is -2.02. The van der Waals surface area contributed by atoms with E-state index in [4.69, 9.17) is 16.0 Å². The molecular formula is C13H6Br2ClNO2. The number of oxazole rings is 1. The minimum absolute atomic E-state index is 0.142. The first kappa shape index (κ1) is 13.0. The van der Waals surface area contributed by atoms with E-state index in [0.29, 0.717) is 31.0 Å². The first-order valence-corrected chi connectivity index (χ1v) is 7.25. The largest absolute Gasteiger partial charge is 0.506 e. The van der Waals surface area contributed by atoms with Gasteiger partial charge in [-0.05, 0) is 62.2 Å². The van der Waals surface area contributed by atoms with E-state index in [1.54, 1.807) is 30.3 Å². The normalized spacial score (nSPS) is 11.1. The highest BCUT2D eigenvalue weighted by atomic mass is 79.9. The molecule has 1 heterocycles. The van der Waals surface area contributed by atoms with Crippen LogP contribution in [0, 0.1) is 0 Å². The summed E-state index contributed by atoms with van der Waals surface area (Å²) in [6, 6.07) is 8.76. The Balaban J connectivity index is 2.19. The highest BCUT2D eigenvalue weighted by Gasteiger charge is 2.12. The highest BCUT2D eigenvalue weighted by Crippen LogP contribution is 2.37. The smallest absolute Gasteiger partial charge is 0.227 e. The Labute approximate surface area is 130 Å². The fourth-order valence-corrected chi connectivity index (χ4v) is 3.07. The zero-order valence-electron chi connectivity index (χ0n) is 9.32. The van der Waals surface area contributed by atoms with Crippen LogP contribution in [0.4, 0.5) is 0 Å². The first-order chi connectivity index (χ1) is 9.04. The van der Waals surface area contributed by atoms with E-state index in [0.717, 1.165) is 5.56 Å². The SMILES string of the molecule is Oc1c(Br)cc(-c2nc3cc(Cl)ccc3o2)cc1Br. The number of halogens is 3. The number of phenolic OH excluding ortho intramolecular Hbond substituents is 1. The molecule has 0 aliphatic carbocycles. The van der Waals surface area contributed by atoms with E-state index in [2.05, 4.69) is 36.8 Å².